The summed E-state index contributed by atoms with van der Waals surface area (Å²) in [6, 6.07) is 12.4. The second-order valence-electron chi connectivity index (χ2n) is 6.10. The van der Waals surface area contributed by atoms with E-state index in [1.807, 2.05) is 47.4 Å². The Labute approximate surface area is 155 Å². The summed E-state index contributed by atoms with van der Waals surface area (Å²) < 4.78 is 1.94. The first kappa shape index (κ1) is 16.7. The van der Waals surface area contributed by atoms with Gasteiger partial charge in [-0.3, -0.25) is 0 Å². The first-order valence-electron chi connectivity index (χ1n) is 8.38. The lowest BCUT2D eigenvalue weighted by molar-refractivity contribution is 0.281. The molecule has 2 N–H and O–H groups in total. The smallest absolute Gasteiger partial charge is 0.175 e. The fraction of sp³-hybridized carbons (Fsp3) is 0.211. The number of thiazole rings is 1. The van der Waals surface area contributed by atoms with E-state index in [9.17, 15) is 5.11 Å². The molecule has 0 aliphatic rings. The number of aliphatic hydroxyl groups excluding tert-OH is 1. The molecule has 1 unspecified atom stereocenters. The van der Waals surface area contributed by atoms with Crippen LogP contribution >= 0.6 is 11.3 Å². The highest BCUT2D eigenvalue weighted by Crippen LogP contribution is 2.29. The topological polar surface area (TPSA) is 79.6 Å². The molecule has 3 heterocycles. The highest BCUT2D eigenvalue weighted by atomic mass is 32.1. The Morgan fingerprint density at radius 1 is 1.23 bits per heavy atom. The molecule has 4 rings (SSSR count). The quantitative estimate of drug-likeness (QED) is 0.564. The van der Waals surface area contributed by atoms with Crippen LogP contribution in [0.3, 0.4) is 0 Å². The Morgan fingerprint density at radius 2 is 2.04 bits per heavy atom. The van der Waals surface area contributed by atoms with Gasteiger partial charge in [-0.05, 0) is 25.5 Å². The van der Waals surface area contributed by atoms with Gasteiger partial charge in [0.05, 0.1) is 24.0 Å². The average molecular weight is 365 g/mol. The number of aromatic nitrogens is 5. The lowest BCUT2D eigenvalue weighted by Gasteiger charge is -2.14. The molecule has 0 saturated carbocycles. The minimum atomic E-state index is -0.0376. The molecule has 1 aromatic carbocycles. The van der Waals surface area contributed by atoms with Crippen LogP contribution in [-0.4, -0.2) is 29.8 Å². The summed E-state index contributed by atoms with van der Waals surface area (Å²) in [5, 5.41) is 16.5. The number of nitrogens with zero attached hydrogens (tertiary/aromatic N) is 4. The van der Waals surface area contributed by atoms with Crippen LogP contribution < -0.4 is 0 Å². The minimum Gasteiger partial charge on any atom is -0.389 e. The summed E-state index contributed by atoms with van der Waals surface area (Å²) >= 11 is 1.45. The number of rotatable bonds is 5. The number of hydrogen-bond acceptors (Lipinski definition) is 5. The molecule has 1 atom stereocenters. The van der Waals surface area contributed by atoms with Crippen molar-refractivity contribution in [1.29, 1.82) is 0 Å². The van der Waals surface area contributed by atoms with E-state index in [1.54, 1.807) is 0 Å². The van der Waals surface area contributed by atoms with Crippen LogP contribution in [0, 0.1) is 6.92 Å². The van der Waals surface area contributed by atoms with Gasteiger partial charge in [0.25, 0.3) is 0 Å². The molecule has 132 valence electrons. The lowest BCUT2D eigenvalue weighted by Crippen LogP contribution is -2.10. The van der Waals surface area contributed by atoms with Crippen LogP contribution in [0.1, 0.15) is 29.4 Å². The zero-order valence-electron chi connectivity index (χ0n) is 14.5. The standard InChI is InChI=1S/C19H19N5OS/c1-12(14-6-4-3-5-7-14)24-19(21-13(2)23-24)16-8-15(9-20-16)17-11-26-18(10-25)22-17/h3-9,11-12,20,25H,10H2,1-2H3. The summed E-state index contributed by atoms with van der Waals surface area (Å²) in [5.74, 6) is 1.53. The van der Waals surface area contributed by atoms with E-state index in [1.165, 1.54) is 16.9 Å². The maximum absolute atomic E-state index is 9.21. The molecule has 7 heteroatoms. The number of aromatic amines is 1. The Kier molecular flexibility index (Phi) is 4.40. The van der Waals surface area contributed by atoms with Crippen molar-refractivity contribution in [3.63, 3.8) is 0 Å². The van der Waals surface area contributed by atoms with E-state index in [-0.39, 0.29) is 12.6 Å². The molecule has 0 bridgehead atoms. The van der Waals surface area contributed by atoms with Crippen LogP contribution in [0.15, 0.2) is 48.0 Å². The van der Waals surface area contributed by atoms with E-state index in [4.69, 9.17) is 0 Å². The maximum Gasteiger partial charge on any atom is 0.175 e. The molecule has 0 aliphatic carbocycles. The number of aryl methyl sites for hydroxylation is 1. The summed E-state index contributed by atoms with van der Waals surface area (Å²) in [6.45, 7) is 3.98. The third kappa shape index (κ3) is 3.07. The van der Waals surface area contributed by atoms with Gasteiger partial charge in [0.1, 0.15) is 10.8 Å². The lowest BCUT2D eigenvalue weighted by atomic mass is 10.1. The normalized spacial score (nSPS) is 12.4. The van der Waals surface area contributed by atoms with E-state index in [0.717, 1.165) is 28.6 Å². The number of H-pyrrole nitrogens is 1. The van der Waals surface area contributed by atoms with E-state index in [2.05, 4.69) is 39.1 Å². The van der Waals surface area contributed by atoms with Gasteiger partial charge in [0.2, 0.25) is 0 Å². The largest absolute Gasteiger partial charge is 0.389 e. The van der Waals surface area contributed by atoms with Gasteiger partial charge < -0.3 is 10.1 Å². The van der Waals surface area contributed by atoms with Gasteiger partial charge in [-0.25, -0.2) is 14.6 Å². The van der Waals surface area contributed by atoms with Crippen LogP contribution in [0.5, 0.6) is 0 Å². The minimum absolute atomic E-state index is 0.0376. The molecule has 3 aromatic heterocycles. The molecule has 0 aliphatic heterocycles. The fourth-order valence-corrected chi connectivity index (χ4v) is 3.61. The first-order valence-corrected chi connectivity index (χ1v) is 9.26. The predicted octanol–water partition coefficient (Wildman–Crippen LogP) is 3.81. The van der Waals surface area contributed by atoms with E-state index >= 15 is 0 Å². The molecular weight excluding hydrogens is 346 g/mol. The zero-order chi connectivity index (χ0) is 18.1. The highest BCUT2D eigenvalue weighted by Gasteiger charge is 2.18. The molecule has 0 spiro atoms. The molecule has 0 radical (unpaired) electrons. The van der Waals surface area contributed by atoms with Crippen molar-refractivity contribution in [2.45, 2.75) is 26.5 Å². The third-order valence-corrected chi connectivity index (χ3v) is 5.13. The van der Waals surface area contributed by atoms with Crippen LogP contribution in [0.25, 0.3) is 22.8 Å². The molecule has 26 heavy (non-hydrogen) atoms. The molecule has 4 aromatic rings. The van der Waals surface area contributed by atoms with Gasteiger partial charge >= 0.3 is 0 Å². The van der Waals surface area contributed by atoms with Crippen molar-refractivity contribution < 1.29 is 5.11 Å². The Balaban J connectivity index is 1.71. The zero-order valence-corrected chi connectivity index (χ0v) is 15.4. The number of aliphatic hydroxyl groups is 1. The van der Waals surface area contributed by atoms with E-state index < -0.39 is 0 Å². The Bertz CT molecular complexity index is 1020. The molecule has 0 amide bonds. The summed E-state index contributed by atoms with van der Waals surface area (Å²) in [4.78, 5) is 12.3. The summed E-state index contributed by atoms with van der Waals surface area (Å²) in [6.07, 6.45) is 1.91. The first-order chi connectivity index (χ1) is 12.7. The average Bonchev–Trinajstić information content (AvgIpc) is 3.40. The van der Waals surface area contributed by atoms with Gasteiger partial charge in [-0.2, -0.15) is 5.10 Å². The second kappa shape index (κ2) is 6.86. The van der Waals surface area contributed by atoms with Crippen molar-refractivity contribution in [2.24, 2.45) is 0 Å². The van der Waals surface area contributed by atoms with E-state index in [0.29, 0.717) is 5.01 Å². The molecule has 6 nitrogen and oxygen atoms in total. The second-order valence-corrected chi connectivity index (χ2v) is 7.04. The van der Waals surface area contributed by atoms with Gasteiger partial charge in [0, 0.05) is 17.1 Å². The third-order valence-electron chi connectivity index (χ3n) is 4.29. The van der Waals surface area contributed by atoms with Crippen molar-refractivity contribution in [3.8, 4) is 22.8 Å². The molecule has 0 fully saturated rings. The summed E-state index contributed by atoms with van der Waals surface area (Å²) in [7, 11) is 0. The van der Waals surface area contributed by atoms with Gasteiger partial charge in [-0.15, -0.1) is 11.3 Å². The number of hydrogen-bond donors (Lipinski definition) is 2. The SMILES string of the molecule is Cc1nc(-c2cc(-c3csc(CO)n3)c[nH]2)n(C(C)c2ccccc2)n1. The van der Waals surface area contributed by atoms with Crippen molar-refractivity contribution in [3.05, 3.63) is 64.4 Å². The van der Waals surface area contributed by atoms with Gasteiger partial charge in [0.15, 0.2) is 5.82 Å². The number of nitrogens with one attached hydrogen (secondary N) is 1. The monoisotopic (exact) mass is 365 g/mol. The number of benzene rings is 1. The fourth-order valence-electron chi connectivity index (χ4n) is 2.94. The maximum atomic E-state index is 9.21. The predicted molar refractivity (Wildman–Crippen MR) is 102 cm³/mol. The van der Waals surface area contributed by atoms with Crippen molar-refractivity contribution in [2.75, 3.05) is 0 Å². The highest BCUT2D eigenvalue weighted by molar-refractivity contribution is 7.09. The van der Waals surface area contributed by atoms with Crippen LogP contribution in [0.2, 0.25) is 0 Å². The van der Waals surface area contributed by atoms with Crippen LogP contribution in [0.4, 0.5) is 0 Å². The Hall–Kier alpha value is -2.77. The van der Waals surface area contributed by atoms with Crippen LogP contribution in [-0.2, 0) is 6.61 Å². The van der Waals surface area contributed by atoms with Gasteiger partial charge in [-0.1, -0.05) is 30.3 Å². The molecule has 0 saturated heterocycles. The molecular formula is C19H19N5OS. The Morgan fingerprint density at radius 3 is 2.77 bits per heavy atom. The summed E-state index contributed by atoms with van der Waals surface area (Å²) in [5.41, 5.74) is 3.88. The van der Waals surface area contributed by atoms with Crippen molar-refractivity contribution in [1.82, 2.24) is 24.7 Å². The van der Waals surface area contributed by atoms with Crippen molar-refractivity contribution >= 4 is 11.3 Å².